The summed E-state index contributed by atoms with van der Waals surface area (Å²) >= 11 is 7.00. The summed E-state index contributed by atoms with van der Waals surface area (Å²) in [5.41, 5.74) is 0.105. The Balaban J connectivity index is 1.71. The van der Waals surface area contributed by atoms with Crippen molar-refractivity contribution in [2.75, 3.05) is 7.11 Å². The van der Waals surface area contributed by atoms with Gasteiger partial charge in [0.1, 0.15) is 22.7 Å². The number of hydrogen-bond acceptors (Lipinski definition) is 6. The van der Waals surface area contributed by atoms with Gasteiger partial charge in [-0.1, -0.05) is 35.5 Å². The number of allylic oxidation sites excluding steroid dienone is 1. The highest BCUT2D eigenvalue weighted by Crippen LogP contribution is 2.34. The number of benzene rings is 1. The zero-order chi connectivity index (χ0) is 21.7. The Kier molecular flexibility index (Phi) is 6.64. The molecule has 0 fully saturated rings. The molecule has 6 nitrogen and oxygen atoms in total. The third kappa shape index (κ3) is 5.31. The Hall–Kier alpha value is -3.03. The average Bonchev–Trinajstić information content (AvgIpc) is 3.19. The van der Waals surface area contributed by atoms with Gasteiger partial charge >= 0.3 is 6.18 Å². The number of rotatable bonds is 6. The van der Waals surface area contributed by atoms with Crippen LogP contribution in [-0.4, -0.2) is 27.3 Å². The van der Waals surface area contributed by atoms with Crippen molar-refractivity contribution >= 4 is 35.0 Å². The molecule has 0 bridgehead atoms. The monoisotopic (exact) mass is 451 g/mol. The largest absolute Gasteiger partial charge is 0.497 e. The fraction of sp³-hybridized carbons (Fsp3) is 0.158. The van der Waals surface area contributed by atoms with E-state index in [2.05, 4.69) is 26.2 Å². The van der Waals surface area contributed by atoms with E-state index in [1.54, 1.807) is 37.5 Å². The molecule has 0 amide bonds. The van der Waals surface area contributed by atoms with Gasteiger partial charge < -0.3 is 4.74 Å². The van der Waals surface area contributed by atoms with Crippen molar-refractivity contribution in [1.82, 2.24) is 20.2 Å². The van der Waals surface area contributed by atoms with E-state index < -0.39 is 11.7 Å². The molecule has 3 rings (SSSR count). The van der Waals surface area contributed by atoms with Crippen LogP contribution in [0.3, 0.4) is 0 Å². The van der Waals surface area contributed by atoms with Gasteiger partial charge in [0.15, 0.2) is 5.82 Å². The van der Waals surface area contributed by atoms with Crippen LogP contribution in [0.5, 0.6) is 5.75 Å². The summed E-state index contributed by atoms with van der Waals surface area (Å²) in [6, 6.07) is 9.99. The van der Waals surface area contributed by atoms with Crippen LogP contribution in [0.15, 0.2) is 41.6 Å². The molecule has 1 aromatic carbocycles. The second kappa shape index (κ2) is 9.19. The first-order valence-electron chi connectivity index (χ1n) is 8.33. The van der Waals surface area contributed by atoms with Gasteiger partial charge in [-0.2, -0.15) is 23.5 Å². The van der Waals surface area contributed by atoms with Crippen LogP contribution in [0.1, 0.15) is 22.8 Å². The number of nitrogens with zero attached hydrogens (tertiary/aromatic N) is 4. The lowest BCUT2D eigenvalue weighted by Crippen LogP contribution is -2.05. The maximum atomic E-state index is 12.7. The summed E-state index contributed by atoms with van der Waals surface area (Å²) in [6.45, 7) is 0. The summed E-state index contributed by atoms with van der Waals surface area (Å²) in [7, 11) is 1.56. The molecule has 3 aromatic rings. The first-order valence-corrected chi connectivity index (χ1v) is 9.69. The molecule has 154 valence electrons. The topological polar surface area (TPSA) is 87.5 Å². The van der Waals surface area contributed by atoms with Crippen LogP contribution in [-0.2, 0) is 11.9 Å². The second-order valence-electron chi connectivity index (χ2n) is 5.85. The van der Waals surface area contributed by atoms with Crippen LogP contribution in [0.4, 0.5) is 13.2 Å². The molecular formula is C19H13ClF3N5OS. The lowest BCUT2D eigenvalue weighted by Gasteiger charge is -2.08. The maximum Gasteiger partial charge on any atom is 0.417 e. The fourth-order valence-electron chi connectivity index (χ4n) is 2.32. The van der Waals surface area contributed by atoms with Crippen molar-refractivity contribution in [2.24, 2.45) is 0 Å². The Bertz CT molecular complexity index is 1110. The van der Waals surface area contributed by atoms with E-state index >= 15 is 0 Å². The smallest absolute Gasteiger partial charge is 0.417 e. The predicted molar refractivity (Wildman–Crippen MR) is 107 cm³/mol. The third-order valence-corrected chi connectivity index (χ3v) is 5.22. The molecule has 0 aliphatic carbocycles. The van der Waals surface area contributed by atoms with Gasteiger partial charge in [0.05, 0.1) is 29.0 Å². The van der Waals surface area contributed by atoms with E-state index in [0.717, 1.165) is 29.6 Å². The van der Waals surface area contributed by atoms with E-state index in [9.17, 15) is 18.4 Å². The van der Waals surface area contributed by atoms with Crippen molar-refractivity contribution in [3.63, 3.8) is 0 Å². The SMILES string of the molecule is COc1ccc(/C=C(\C#N)c2n[nH]c(CSc3ncc(C(F)(F)F)cc3Cl)n2)cc1. The highest BCUT2D eigenvalue weighted by Gasteiger charge is 2.31. The van der Waals surface area contributed by atoms with Gasteiger partial charge in [0.2, 0.25) is 0 Å². The van der Waals surface area contributed by atoms with Crippen LogP contribution >= 0.6 is 23.4 Å². The van der Waals surface area contributed by atoms with Crippen molar-refractivity contribution in [1.29, 1.82) is 5.26 Å². The summed E-state index contributed by atoms with van der Waals surface area (Å²) in [4.78, 5) is 8.02. The zero-order valence-electron chi connectivity index (χ0n) is 15.4. The number of halogens is 4. The number of nitrogens with one attached hydrogen (secondary N) is 1. The van der Waals surface area contributed by atoms with Gasteiger partial charge in [0, 0.05) is 6.20 Å². The predicted octanol–water partition coefficient (Wildman–Crippen LogP) is 5.24. The standard InChI is InChI=1S/C19H13ClF3N5OS/c1-29-14-4-2-11(3-5-14)6-12(8-24)17-26-16(27-28-17)10-30-18-15(20)7-13(9-25-18)19(21,22)23/h2-7,9H,10H2,1H3,(H,26,27,28)/b12-6+. The fourth-order valence-corrected chi connectivity index (χ4v) is 3.37. The minimum atomic E-state index is -4.51. The van der Waals surface area contributed by atoms with Gasteiger partial charge in [0.25, 0.3) is 0 Å². The summed E-state index contributed by atoms with van der Waals surface area (Å²) < 4.78 is 43.2. The normalized spacial score (nSPS) is 11.9. The van der Waals surface area contributed by atoms with E-state index in [4.69, 9.17) is 16.3 Å². The van der Waals surface area contributed by atoms with Gasteiger partial charge in [-0.05, 0) is 29.8 Å². The Labute approximate surface area is 178 Å². The number of ether oxygens (including phenoxy) is 1. The van der Waals surface area contributed by atoms with E-state index in [1.165, 1.54) is 0 Å². The molecule has 0 unspecified atom stereocenters. The number of thioether (sulfide) groups is 1. The third-order valence-electron chi connectivity index (χ3n) is 3.80. The lowest BCUT2D eigenvalue weighted by molar-refractivity contribution is -0.137. The minimum absolute atomic E-state index is 0.105. The van der Waals surface area contributed by atoms with Crippen molar-refractivity contribution in [3.8, 4) is 11.8 Å². The molecule has 2 aromatic heterocycles. The molecule has 1 N–H and O–H groups in total. The number of hydrogen-bond donors (Lipinski definition) is 1. The number of nitriles is 1. The molecular weight excluding hydrogens is 439 g/mol. The molecule has 0 aliphatic heterocycles. The molecule has 30 heavy (non-hydrogen) atoms. The highest BCUT2D eigenvalue weighted by atomic mass is 35.5. The van der Waals surface area contributed by atoms with Gasteiger partial charge in [-0.3, -0.25) is 5.10 Å². The summed E-state index contributed by atoms with van der Waals surface area (Å²) in [5.74, 6) is 1.55. The van der Waals surface area contributed by atoms with Crippen LogP contribution in [0, 0.1) is 11.3 Å². The van der Waals surface area contributed by atoms with Gasteiger partial charge in [-0.25, -0.2) is 9.97 Å². The quantitative estimate of drug-likeness (QED) is 0.407. The first-order chi connectivity index (χ1) is 14.3. The number of H-pyrrole nitrogens is 1. The van der Waals surface area contributed by atoms with Crippen molar-refractivity contribution in [3.05, 3.63) is 64.3 Å². The number of methoxy groups -OCH3 is 1. The first kappa shape index (κ1) is 21.7. The zero-order valence-corrected chi connectivity index (χ0v) is 16.9. The Morgan fingerprint density at radius 3 is 2.67 bits per heavy atom. The minimum Gasteiger partial charge on any atom is -0.497 e. The number of aromatic nitrogens is 4. The Morgan fingerprint density at radius 1 is 1.33 bits per heavy atom. The number of aromatic amines is 1. The number of pyridine rings is 1. The average molecular weight is 452 g/mol. The van der Waals surface area contributed by atoms with E-state index in [-0.39, 0.29) is 27.2 Å². The second-order valence-corrected chi connectivity index (χ2v) is 7.22. The van der Waals surface area contributed by atoms with Crippen LogP contribution < -0.4 is 4.74 Å². The molecule has 0 saturated heterocycles. The molecule has 11 heteroatoms. The number of alkyl halides is 3. The van der Waals surface area contributed by atoms with E-state index in [0.29, 0.717) is 11.6 Å². The Morgan fingerprint density at radius 2 is 2.07 bits per heavy atom. The van der Waals surface area contributed by atoms with Crippen LogP contribution in [0.25, 0.3) is 11.6 Å². The maximum absolute atomic E-state index is 12.7. The molecule has 0 saturated carbocycles. The molecule has 0 aliphatic rings. The van der Waals surface area contributed by atoms with E-state index in [1.807, 2.05) is 0 Å². The molecule has 0 radical (unpaired) electrons. The summed E-state index contributed by atoms with van der Waals surface area (Å²) in [6.07, 6.45) is -2.15. The molecule has 2 heterocycles. The van der Waals surface area contributed by atoms with Crippen LogP contribution in [0.2, 0.25) is 5.02 Å². The van der Waals surface area contributed by atoms with Gasteiger partial charge in [-0.15, -0.1) is 0 Å². The summed E-state index contributed by atoms with van der Waals surface area (Å²) in [5, 5.41) is 16.3. The molecule has 0 spiro atoms. The van der Waals surface area contributed by atoms with Crippen molar-refractivity contribution in [2.45, 2.75) is 17.0 Å². The lowest BCUT2D eigenvalue weighted by atomic mass is 10.1. The highest BCUT2D eigenvalue weighted by molar-refractivity contribution is 7.98. The van der Waals surface area contributed by atoms with Crippen molar-refractivity contribution < 1.29 is 17.9 Å². The molecule has 0 atom stereocenters.